The lowest BCUT2D eigenvalue weighted by atomic mass is 9.89. The first kappa shape index (κ1) is 47.3. The molecular formula is C44H51N7O11S. The second-order valence-electron chi connectivity index (χ2n) is 15.9. The zero-order chi connectivity index (χ0) is 46.0. The average Bonchev–Trinajstić information content (AvgIpc) is 3.77. The van der Waals surface area contributed by atoms with Crippen molar-refractivity contribution in [2.75, 3.05) is 6.54 Å². The number of nitrogens with zero attached hydrogens (tertiary/aromatic N) is 3. The lowest BCUT2D eigenvalue weighted by Gasteiger charge is -2.39. The maximum absolute atomic E-state index is 14.7. The van der Waals surface area contributed by atoms with E-state index in [9.17, 15) is 48.6 Å². The number of fused-ring (bicyclic) bond motifs is 2. The molecule has 4 aromatic rings. The number of hydrogen-bond acceptors (Lipinski definition) is 12. The van der Waals surface area contributed by atoms with Crippen LogP contribution in [-0.4, -0.2) is 103 Å². The molecule has 3 heterocycles. The summed E-state index contributed by atoms with van der Waals surface area (Å²) >= 11 is 1.21. The topological polar surface area (TPSA) is 263 Å². The third-order valence-corrected chi connectivity index (χ3v) is 11.2. The molecule has 2 aromatic heterocycles. The Morgan fingerprint density at radius 2 is 1.57 bits per heavy atom. The van der Waals surface area contributed by atoms with E-state index < -0.39 is 102 Å². The van der Waals surface area contributed by atoms with Crippen molar-refractivity contribution >= 4 is 69.7 Å². The van der Waals surface area contributed by atoms with E-state index in [2.05, 4.69) is 31.2 Å². The predicted molar refractivity (Wildman–Crippen MR) is 229 cm³/mol. The van der Waals surface area contributed by atoms with Crippen molar-refractivity contribution in [2.45, 2.75) is 97.1 Å². The highest BCUT2D eigenvalue weighted by Crippen LogP contribution is 2.32. The fraction of sp³-hybridized carbons (Fsp3) is 0.409. The molecule has 1 aliphatic rings. The van der Waals surface area contributed by atoms with E-state index in [1.54, 1.807) is 58.0 Å². The molecule has 6 N–H and O–H groups in total. The van der Waals surface area contributed by atoms with Crippen LogP contribution >= 0.6 is 11.3 Å². The third-order valence-electron chi connectivity index (χ3n) is 10.5. The number of esters is 1. The van der Waals surface area contributed by atoms with Crippen molar-refractivity contribution in [3.8, 4) is 0 Å². The maximum Gasteiger partial charge on any atom is 0.329 e. The molecule has 0 saturated carbocycles. The van der Waals surface area contributed by atoms with E-state index in [1.165, 1.54) is 34.0 Å². The minimum Gasteiger partial charge on any atom is -0.481 e. The molecular weight excluding hydrogens is 835 g/mol. The molecule has 0 spiro atoms. The summed E-state index contributed by atoms with van der Waals surface area (Å²) in [5.41, 5.74) is 4.20. The molecule has 0 saturated heterocycles. The highest BCUT2D eigenvalue weighted by molar-refractivity contribution is 7.09. The molecule has 5 amide bonds. The lowest BCUT2D eigenvalue weighted by molar-refractivity contribution is -0.154. The van der Waals surface area contributed by atoms with Gasteiger partial charge >= 0.3 is 17.9 Å². The highest BCUT2D eigenvalue weighted by Gasteiger charge is 2.42. The first-order valence-corrected chi connectivity index (χ1v) is 21.3. The van der Waals surface area contributed by atoms with Gasteiger partial charge in [-0.25, -0.2) is 9.78 Å². The summed E-state index contributed by atoms with van der Waals surface area (Å²) in [5.74, 6) is -8.64. The number of carboxylic acids is 2. The molecule has 0 fully saturated rings. The second-order valence-corrected chi connectivity index (χ2v) is 16.9. The molecule has 334 valence electrons. The van der Waals surface area contributed by atoms with Gasteiger partial charge in [0, 0.05) is 24.5 Å². The number of rotatable bonds is 19. The fourth-order valence-electron chi connectivity index (χ4n) is 7.14. The zero-order valence-corrected chi connectivity index (χ0v) is 36.3. The number of amides is 5. The number of carboxylic acid groups (broad SMARTS) is 2. The normalized spacial score (nSPS) is 15.3. The largest absolute Gasteiger partial charge is 0.481 e. The van der Waals surface area contributed by atoms with Gasteiger partial charge in [0.05, 0.1) is 22.3 Å². The van der Waals surface area contributed by atoms with Gasteiger partial charge in [-0.05, 0) is 54.9 Å². The number of aromatic nitrogens is 2. The molecule has 0 aliphatic carbocycles. The second kappa shape index (κ2) is 21.4. The number of thiazole rings is 1. The van der Waals surface area contributed by atoms with Gasteiger partial charge in [-0.2, -0.15) is 0 Å². The Labute approximate surface area is 367 Å². The number of para-hydroxylation sites is 1. The van der Waals surface area contributed by atoms with E-state index in [1.807, 2.05) is 25.1 Å². The molecule has 5 rings (SSSR count). The quantitative estimate of drug-likeness (QED) is 0.0741. The Morgan fingerprint density at radius 3 is 2.24 bits per heavy atom. The van der Waals surface area contributed by atoms with Crippen LogP contribution in [0.15, 0.2) is 66.3 Å². The number of carbonyl (C=O) groups is 8. The van der Waals surface area contributed by atoms with Crippen molar-refractivity contribution in [3.05, 3.63) is 93.6 Å². The minimum absolute atomic E-state index is 0.00705. The zero-order valence-electron chi connectivity index (χ0n) is 35.5. The van der Waals surface area contributed by atoms with E-state index in [4.69, 9.17) is 4.74 Å². The highest BCUT2D eigenvalue weighted by atomic mass is 32.1. The van der Waals surface area contributed by atoms with Crippen LogP contribution in [0.2, 0.25) is 0 Å². The summed E-state index contributed by atoms with van der Waals surface area (Å²) in [7, 11) is 0. The lowest BCUT2D eigenvalue weighted by Crippen LogP contribution is -2.60. The van der Waals surface area contributed by atoms with Gasteiger partial charge in [0.1, 0.15) is 42.5 Å². The van der Waals surface area contributed by atoms with Crippen LogP contribution in [-0.2, 0) is 51.3 Å². The van der Waals surface area contributed by atoms with Gasteiger partial charge < -0.3 is 41.1 Å². The Morgan fingerprint density at radius 1 is 0.841 bits per heavy atom. The molecule has 1 aliphatic heterocycles. The number of nitrogens with one attached hydrogen (secondary N) is 4. The van der Waals surface area contributed by atoms with Crippen molar-refractivity contribution in [2.24, 2.45) is 11.8 Å². The number of ether oxygens (including phenoxy) is 1. The van der Waals surface area contributed by atoms with Crippen LogP contribution in [0.1, 0.15) is 85.1 Å². The van der Waals surface area contributed by atoms with Gasteiger partial charge in [-0.3, -0.25) is 38.5 Å². The number of aryl methyl sites for hydroxylation is 1. The number of aliphatic carboxylic acids is 2. The number of hydrogen-bond donors (Lipinski definition) is 6. The summed E-state index contributed by atoms with van der Waals surface area (Å²) in [6.07, 6.45) is 0.0720. The van der Waals surface area contributed by atoms with Crippen LogP contribution in [0.3, 0.4) is 0 Å². The summed E-state index contributed by atoms with van der Waals surface area (Å²) in [6, 6.07) is 8.72. The monoisotopic (exact) mass is 885 g/mol. The van der Waals surface area contributed by atoms with Crippen LogP contribution in [0.25, 0.3) is 10.9 Å². The standard InChI is InChI=1S/C44H51N7O11S/c1-23(2)36(49-39(56)31-13-11-26-8-6-7-9-30(26)46-31)41(58)47-32(14-15-34(52)53)40(57)50-37(24(3)4)43(60)51-17-16-27-18-25(5)10-12-29(27)38(51)42(59)48-33(19-35(54)55)44(61)62-21-28-20-45-22-63-28/h6-13,18,20,22-24,32-33,36-38H,14-17,19,21H2,1-5H3,(H,47,58)(H,48,59)(H,49,56)(H,50,57)(H,52,53)(H,54,55)/t32-,33-,36-,37-,38-/m0/s1. The first-order chi connectivity index (χ1) is 29.9. The predicted octanol–water partition coefficient (Wildman–Crippen LogP) is 3.07. The number of carbonyl (C=O) groups excluding carboxylic acids is 6. The van der Waals surface area contributed by atoms with Gasteiger partial charge in [0.2, 0.25) is 23.6 Å². The first-order valence-electron chi connectivity index (χ1n) is 20.4. The summed E-state index contributed by atoms with van der Waals surface area (Å²) < 4.78 is 5.31. The number of benzene rings is 2. The Balaban J connectivity index is 1.37. The van der Waals surface area contributed by atoms with Gasteiger partial charge in [-0.1, -0.05) is 75.7 Å². The van der Waals surface area contributed by atoms with E-state index in [0.717, 1.165) is 16.5 Å². The molecule has 0 bridgehead atoms. The van der Waals surface area contributed by atoms with Crippen molar-refractivity contribution in [1.29, 1.82) is 0 Å². The summed E-state index contributed by atoms with van der Waals surface area (Å²) in [5, 5.41) is 30.4. The van der Waals surface area contributed by atoms with E-state index in [0.29, 0.717) is 22.4 Å². The summed E-state index contributed by atoms with van der Waals surface area (Å²) in [4.78, 5) is 117. The Bertz CT molecular complexity index is 2350. The van der Waals surface area contributed by atoms with E-state index in [-0.39, 0.29) is 25.3 Å². The minimum atomic E-state index is -1.63. The van der Waals surface area contributed by atoms with E-state index >= 15 is 0 Å². The Kier molecular flexibility index (Phi) is 16.0. The van der Waals surface area contributed by atoms with Crippen LogP contribution in [0.5, 0.6) is 0 Å². The molecule has 18 nitrogen and oxygen atoms in total. The van der Waals surface area contributed by atoms with Crippen molar-refractivity contribution in [1.82, 2.24) is 36.1 Å². The summed E-state index contributed by atoms with van der Waals surface area (Å²) in [6.45, 7) is 8.31. The average molecular weight is 886 g/mol. The van der Waals surface area contributed by atoms with Crippen LogP contribution in [0, 0.1) is 18.8 Å². The van der Waals surface area contributed by atoms with Crippen molar-refractivity contribution < 1.29 is 53.3 Å². The van der Waals surface area contributed by atoms with Gasteiger partial charge in [-0.15, -0.1) is 11.3 Å². The van der Waals surface area contributed by atoms with Crippen molar-refractivity contribution in [3.63, 3.8) is 0 Å². The van der Waals surface area contributed by atoms with Gasteiger partial charge in [0.15, 0.2) is 0 Å². The Hall–Kier alpha value is -6.76. The molecule has 2 aromatic carbocycles. The third kappa shape index (κ3) is 12.4. The van der Waals surface area contributed by atoms with Crippen LogP contribution in [0.4, 0.5) is 0 Å². The molecule has 5 atom stereocenters. The van der Waals surface area contributed by atoms with Crippen LogP contribution < -0.4 is 21.3 Å². The fourth-order valence-corrected chi connectivity index (χ4v) is 7.64. The maximum atomic E-state index is 14.7. The molecule has 63 heavy (non-hydrogen) atoms. The SMILES string of the molecule is Cc1ccc2c(c1)CCN(C(=O)[C@@H](NC(=O)[C@H](CCC(=O)O)NC(=O)[C@@H](NC(=O)c1ccc3ccccc3n1)C(C)C)C(C)C)[C@@H]2C(=O)N[C@@H](CC(=O)O)C(=O)OCc1cncs1. The smallest absolute Gasteiger partial charge is 0.329 e. The number of pyridine rings is 1. The molecule has 0 unspecified atom stereocenters. The van der Waals surface area contributed by atoms with Gasteiger partial charge in [0.25, 0.3) is 5.91 Å². The molecule has 19 heteroatoms. The molecule has 0 radical (unpaired) electrons.